The molecular formula is C15H18. The fraction of sp³-hybridized carbons (Fsp3) is 0.333. The predicted octanol–water partition coefficient (Wildman–Crippen LogP) is 4.43. The van der Waals surface area contributed by atoms with Crippen molar-refractivity contribution in [2.45, 2.75) is 33.1 Å². The second-order valence-corrected chi connectivity index (χ2v) is 4.50. The quantitative estimate of drug-likeness (QED) is 0.626. The van der Waals surface area contributed by atoms with Crippen LogP contribution in [0.1, 0.15) is 36.0 Å². The molecule has 2 rings (SSSR count). The first-order chi connectivity index (χ1) is 7.16. The molecule has 15 heavy (non-hydrogen) atoms. The van der Waals surface area contributed by atoms with Crippen LogP contribution < -0.4 is 0 Å². The highest BCUT2D eigenvalue weighted by atomic mass is 14.1. The highest BCUT2D eigenvalue weighted by Crippen LogP contribution is 2.30. The molecule has 0 atom stereocenters. The minimum absolute atomic E-state index is 1.16. The molecule has 0 saturated heterocycles. The number of aryl methyl sites for hydroxylation is 2. The summed E-state index contributed by atoms with van der Waals surface area (Å²) in [5, 5.41) is 0. The highest BCUT2D eigenvalue weighted by molar-refractivity contribution is 5.71. The van der Waals surface area contributed by atoms with Crippen molar-refractivity contribution in [3.63, 3.8) is 0 Å². The first kappa shape index (κ1) is 10.2. The van der Waals surface area contributed by atoms with Gasteiger partial charge in [-0.05, 0) is 49.8 Å². The molecule has 0 heteroatoms. The number of hydrogen-bond donors (Lipinski definition) is 0. The molecular weight excluding hydrogens is 180 g/mol. The lowest BCUT2D eigenvalue weighted by Gasteiger charge is -2.16. The number of benzene rings is 1. The lowest BCUT2D eigenvalue weighted by atomic mass is 9.89. The van der Waals surface area contributed by atoms with Crippen LogP contribution in [0.5, 0.6) is 0 Å². The van der Waals surface area contributed by atoms with Crippen LogP contribution in [0.3, 0.4) is 0 Å². The van der Waals surface area contributed by atoms with Gasteiger partial charge in [0.15, 0.2) is 0 Å². The van der Waals surface area contributed by atoms with Gasteiger partial charge in [0.25, 0.3) is 0 Å². The van der Waals surface area contributed by atoms with E-state index in [0.29, 0.717) is 0 Å². The van der Waals surface area contributed by atoms with E-state index < -0.39 is 0 Å². The molecule has 0 bridgehead atoms. The molecule has 0 aliphatic heterocycles. The van der Waals surface area contributed by atoms with Crippen molar-refractivity contribution in [2.75, 3.05) is 0 Å². The van der Waals surface area contributed by atoms with Crippen LogP contribution >= 0.6 is 0 Å². The Morgan fingerprint density at radius 1 is 1.13 bits per heavy atom. The zero-order chi connectivity index (χ0) is 10.8. The molecule has 1 aromatic carbocycles. The largest absolute Gasteiger partial charge is 0.0958 e. The zero-order valence-electron chi connectivity index (χ0n) is 9.64. The lowest BCUT2D eigenvalue weighted by Crippen LogP contribution is -1.96. The van der Waals surface area contributed by atoms with Gasteiger partial charge in [-0.3, -0.25) is 0 Å². The summed E-state index contributed by atoms with van der Waals surface area (Å²) < 4.78 is 0. The van der Waals surface area contributed by atoms with Gasteiger partial charge in [-0.2, -0.15) is 0 Å². The van der Waals surface area contributed by atoms with E-state index in [0.717, 1.165) is 6.42 Å². The third-order valence-corrected chi connectivity index (χ3v) is 3.05. The van der Waals surface area contributed by atoms with Crippen molar-refractivity contribution in [2.24, 2.45) is 0 Å². The van der Waals surface area contributed by atoms with Crippen molar-refractivity contribution in [3.05, 3.63) is 53.1 Å². The smallest absolute Gasteiger partial charge is 0.0195 e. The molecule has 0 aromatic heterocycles. The average molecular weight is 198 g/mol. The Morgan fingerprint density at radius 3 is 2.60 bits per heavy atom. The Kier molecular flexibility index (Phi) is 2.77. The van der Waals surface area contributed by atoms with Gasteiger partial charge in [0, 0.05) is 0 Å². The van der Waals surface area contributed by atoms with Gasteiger partial charge >= 0.3 is 0 Å². The molecule has 1 aliphatic carbocycles. The van der Waals surface area contributed by atoms with Gasteiger partial charge in [-0.1, -0.05) is 42.0 Å². The Morgan fingerprint density at radius 2 is 1.93 bits per heavy atom. The van der Waals surface area contributed by atoms with E-state index in [9.17, 15) is 0 Å². The third kappa shape index (κ3) is 2.20. The highest BCUT2D eigenvalue weighted by Gasteiger charge is 2.09. The van der Waals surface area contributed by atoms with Gasteiger partial charge in [0.05, 0.1) is 0 Å². The molecule has 78 valence electrons. The molecule has 0 N–H and O–H groups in total. The van der Waals surface area contributed by atoms with Crippen LogP contribution in [0.4, 0.5) is 0 Å². The summed E-state index contributed by atoms with van der Waals surface area (Å²) in [6.07, 6.45) is 5.87. The summed E-state index contributed by atoms with van der Waals surface area (Å²) in [5.41, 5.74) is 6.86. The molecule has 0 fully saturated rings. The number of hydrogen-bond acceptors (Lipinski definition) is 0. The van der Waals surface area contributed by atoms with Crippen LogP contribution in [-0.4, -0.2) is 0 Å². The lowest BCUT2D eigenvalue weighted by molar-refractivity contribution is 0.836. The average Bonchev–Trinajstić information content (AvgIpc) is 2.17. The molecule has 1 aliphatic rings. The van der Waals surface area contributed by atoms with Crippen LogP contribution in [0.2, 0.25) is 0 Å². The van der Waals surface area contributed by atoms with Crippen LogP contribution in [0.15, 0.2) is 36.4 Å². The molecule has 1 aromatic rings. The summed E-state index contributed by atoms with van der Waals surface area (Å²) >= 11 is 0. The Labute approximate surface area is 92.3 Å². The minimum atomic E-state index is 1.16. The Balaban J connectivity index is 2.41. The van der Waals surface area contributed by atoms with Gasteiger partial charge in [0.1, 0.15) is 0 Å². The molecule has 0 unspecified atom stereocenters. The van der Waals surface area contributed by atoms with Crippen molar-refractivity contribution in [1.82, 2.24) is 0 Å². The van der Waals surface area contributed by atoms with E-state index in [4.69, 9.17) is 0 Å². The summed E-state index contributed by atoms with van der Waals surface area (Å²) in [6, 6.07) is 6.70. The monoisotopic (exact) mass is 198 g/mol. The van der Waals surface area contributed by atoms with Crippen molar-refractivity contribution >= 4 is 5.57 Å². The maximum Gasteiger partial charge on any atom is -0.0195 e. The number of rotatable bonds is 1. The maximum absolute atomic E-state index is 4.06. The van der Waals surface area contributed by atoms with Gasteiger partial charge in [-0.25, -0.2) is 0 Å². The minimum Gasteiger partial charge on any atom is -0.0958 e. The first-order valence-corrected chi connectivity index (χ1v) is 5.63. The molecule has 0 heterocycles. The standard InChI is InChI=1S/C15H18/c1-11-5-4-6-14(10-11)15-8-7-12(2)9-13(15)3/h7-10H,1,4-6H2,2-3H3. The summed E-state index contributed by atoms with van der Waals surface area (Å²) in [7, 11) is 0. The van der Waals surface area contributed by atoms with Gasteiger partial charge < -0.3 is 0 Å². The van der Waals surface area contributed by atoms with Crippen molar-refractivity contribution in [3.8, 4) is 0 Å². The fourth-order valence-electron chi connectivity index (χ4n) is 2.28. The molecule has 0 spiro atoms. The molecule has 0 nitrogen and oxygen atoms in total. The van der Waals surface area contributed by atoms with Gasteiger partial charge in [-0.15, -0.1) is 0 Å². The summed E-state index contributed by atoms with van der Waals surface area (Å²) in [5.74, 6) is 0. The molecule has 0 radical (unpaired) electrons. The van der Waals surface area contributed by atoms with E-state index in [1.54, 1.807) is 0 Å². The maximum atomic E-state index is 4.06. The SMILES string of the molecule is C=C1C=C(c2ccc(C)cc2C)CCC1. The summed E-state index contributed by atoms with van der Waals surface area (Å²) in [4.78, 5) is 0. The Hall–Kier alpha value is -1.30. The first-order valence-electron chi connectivity index (χ1n) is 5.63. The zero-order valence-corrected chi connectivity index (χ0v) is 9.64. The molecule has 0 amide bonds. The van der Waals surface area contributed by atoms with E-state index in [2.05, 4.69) is 44.7 Å². The fourth-order valence-corrected chi connectivity index (χ4v) is 2.28. The van der Waals surface area contributed by atoms with E-state index in [-0.39, 0.29) is 0 Å². The topological polar surface area (TPSA) is 0 Å². The third-order valence-electron chi connectivity index (χ3n) is 3.05. The van der Waals surface area contributed by atoms with Gasteiger partial charge in [0.2, 0.25) is 0 Å². The molecule has 0 saturated carbocycles. The van der Waals surface area contributed by atoms with Crippen LogP contribution in [-0.2, 0) is 0 Å². The number of allylic oxidation sites excluding steroid dienone is 3. The van der Waals surface area contributed by atoms with E-state index >= 15 is 0 Å². The summed E-state index contributed by atoms with van der Waals surface area (Å²) in [6.45, 7) is 8.40. The second-order valence-electron chi connectivity index (χ2n) is 4.50. The van der Waals surface area contributed by atoms with Crippen LogP contribution in [0.25, 0.3) is 5.57 Å². The van der Waals surface area contributed by atoms with Crippen LogP contribution in [0, 0.1) is 13.8 Å². The predicted molar refractivity (Wildman–Crippen MR) is 66.9 cm³/mol. The Bertz CT molecular complexity index is 422. The van der Waals surface area contributed by atoms with Crippen molar-refractivity contribution in [1.29, 1.82) is 0 Å². The van der Waals surface area contributed by atoms with E-state index in [1.807, 2.05) is 0 Å². The van der Waals surface area contributed by atoms with E-state index in [1.165, 1.54) is 40.7 Å². The second kappa shape index (κ2) is 4.06. The van der Waals surface area contributed by atoms with Crippen molar-refractivity contribution < 1.29 is 0 Å². The normalized spacial score (nSPS) is 16.4.